The number of imidazole rings is 1. The molecule has 0 aliphatic rings. The molecule has 1 aromatic heterocycles. The molecule has 1 heterocycles. The Labute approximate surface area is 113 Å². The van der Waals surface area contributed by atoms with Crippen LogP contribution >= 0.6 is 0 Å². The molecule has 0 fully saturated rings. The van der Waals surface area contributed by atoms with Gasteiger partial charge in [0.2, 0.25) is 0 Å². The SMILES string of the molecule is Cc1cn(C)c(=O)n1-c1ccccc1CCCCN. The molecule has 19 heavy (non-hydrogen) atoms. The normalized spacial score (nSPS) is 10.9. The third kappa shape index (κ3) is 2.79. The molecule has 2 N–H and O–H groups in total. The lowest BCUT2D eigenvalue weighted by molar-refractivity contribution is 0.737. The first-order chi connectivity index (χ1) is 9.15. The second-order valence-electron chi connectivity index (χ2n) is 4.87. The van der Waals surface area contributed by atoms with Gasteiger partial charge in [-0.25, -0.2) is 4.79 Å². The van der Waals surface area contributed by atoms with Crippen molar-refractivity contribution >= 4 is 0 Å². The summed E-state index contributed by atoms with van der Waals surface area (Å²) in [6.07, 6.45) is 4.87. The van der Waals surface area contributed by atoms with Crippen molar-refractivity contribution in [1.82, 2.24) is 9.13 Å². The van der Waals surface area contributed by atoms with Gasteiger partial charge in [0.05, 0.1) is 5.69 Å². The lowest BCUT2D eigenvalue weighted by Crippen LogP contribution is -2.22. The quantitative estimate of drug-likeness (QED) is 0.832. The molecule has 0 aliphatic heterocycles. The number of aryl methyl sites for hydroxylation is 3. The largest absolute Gasteiger partial charge is 0.332 e. The van der Waals surface area contributed by atoms with E-state index in [4.69, 9.17) is 5.73 Å². The molecule has 0 amide bonds. The Bertz CT molecular complexity index is 610. The second kappa shape index (κ2) is 5.89. The maximum Gasteiger partial charge on any atom is 0.332 e. The van der Waals surface area contributed by atoms with Crippen LogP contribution in [0.1, 0.15) is 24.1 Å². The van der Waals surface area contributed by atoms with Crippen LogP contribution in [0.4, 0.5) is 0 Å². The van der Waals surface area contributed by atoms with Gasteiger partial charge in [0.25, 0.3) is 0 Å². The summed E-state index contributed by atoms with van der Waals surface area (Å²) in [6.45, 7) is 2.67. The Morgan fingerprint density at radius 1 is 1.21 bits per heavy atom. The molecule has 0 aliphatic carbocycles. The maximum atomic E-state index is 12.2. The summed E-state index contributed by atoms with van der Waals surface area (Å²) < 4.78 is 3.39. The number of nitrogens with zero attached hydrogens (tertiary/aromatic N) is 2. The fraction of sp³-hybridized carbons (Fsp3) is 0.400. The minimum absolute atomic E-state index is 0.00350. The number of hydrogen-bond donors (Lipinski definition) is 1. The monoisotopic (exact) mass is 259 g/mol. The van der Waals surface area contributed by atoms with Crippen LogP contribution in [-0.4, -0.2) is 15.7 Å². The second-order valence-corrected chi connectivity index (χ2v) is 4.87. The van der Waals surface area contributed by atoms with Crippen LogP contribution in [-0.2, 0) is 13.5 Å². The number of unbranched alkanes of at least 4 members (excludes halogenated alkanes) is 1. The Hall–Kier alpha value is -1.81. The first-order valence-electron chi connectivity index (χ1n) is 6.68. The molecule has 102 valence electrons. The lowest BCUT2D eigenvalue weighted by atomic mass is 10.1. The number of aromatic nitrogens is 2. The van der Waals surface area contributed by atoms with Gasteiger partial charge in [-0.1, -0.05) is 18.2 Å². The van der Waals surface area contributed by atoms with E-state index in [0.29, 0.717) is 6.54 Å². The number of benzene rings is 1. The molecule has 4 heteroatoms. The van der Waals surface area contributed by atoms with Crippen LogP contribution in [0, 0.1) is 6.92 Å². The fourth-order valence-corrected chi connectivity index (χ4v) is 2.40. The van der Waals surface area contributed by atoms with E-state index in [1.54, 1.807) is 16.2 Å². The van der Waals surface area contributed by atoms with Crippen LogP contribution in [0.2, 0.25) is 0 Å². The minimum Gasteiger partial charge on any atom is -0.330 e. The number of rotatable bonds is 5. The third-order valence-corrected chi connectivity index (χ3v) is 3.36. The van der Waals surface area contributed by atoms with Crippen molar-refractivity contribution in [2.24, 2.45) is 12.8 Å². The third-order valence-electron chi connectivity index (χ3n) is 3.36. The standard InChI is InChI=1S/C15H21N3O/c1-12-11-17(2)15(19)18(12)14-9-4-3-7-13(14)8-5-6-10-16/h3-4,7,9,11H,5-6,8,10,16H2,1-2H3. The molecular formula is C15H21N3O. The molecule has 0 bridgehead atoms. The van der Waals surface area contributed by atoms with Crippen LogP contribution in [0.3, 0.4) is 0 Å². The zero-order valence-corrected chi connectivity index (χ0v) is 11.6. The summed E-state index contributed by atoms with van der Waals surface area (Å²) >= 11 is 0. The van der Waals surface area contributed by atoms with Crippen molar-refractivity contribution in [3.8, 4) is 5.69 Å². The van der Waals surface area contributed by atoms with Crippen molar-refractivity contribution in [3.05, 3.63) is 52.2 Å². The van der Waals surface area contributed by atoms with Crippen LogP contribution in [0.5, 0.6) is 0 Å². The zero-order valence-electron chi connectivity index (χ0n) is 11.6. The van der Waals surface area contributed by atoms with E-state index in [1.165, 1.54) is 5.56 Å². The first-order valence-corrected chi connectivity index (χ1v) is 6.68. The van der Waals surface area contributed by atoms with E-state index >= 15 is 0 Å². The highest BCUT2D eigenvalue weighted by Gasteiger charge is 2.10. The van der Waals surface area contributed by atoms with Crippen molar-refractivity contribution in [2.45, 2.75) is 26.2 Å². The van der Waals surface area contributed by atoms with Gasteiger partial charge in [0.15, 0.2) is 0 Å². The molecule has 0 spiro atoms. The van der Waals surface area contributed by atoms with E-state index in [-0.39, 0.29) is 5.69 Å². The molecule has 0 unspecified atom stereocenters. The van der Waals surface area contributed by atoms with Gasteiger partial charge < -0.3 is 10.3 Å². The summed E-state index contributed by atoms with van der Waals surface area (Å²) in [7, 11) is 1.78. The van der Waals surface area contributed by atoms with Crippen molar-refractivity contribution < 1.29 is 0 Å². The summed E-state index contributed by atoms with van der Waals surface area (Å²) in [4.78, 5) is 12.2. The predicted molar refractivity (Wildman–Crippen MR) is 77.7 cm³/mol. The number of para-hydroxylation sites is 1. The molecule has 0 radical (unpaired) electrons. The lowest BCUT2D eigenvalue weighted by Gasteiger charge is -2.11. The molecule has 2 aromatic rings. The zero-order chi connectivity index (χ0) is 13.8. The highest BCUT2D eigenvalue weighted by Crippen LogP contribution is 2.17. The predicted octanol–water partition coefficient (Wildman–Crippen LogP) is 1.77. The average Bonchev–Trinajstić information content (AvgIpc) is 2.65. The van der Waals surface area contributed by atoms with Gasteiger partial charge in [-0.05, 0) is 44.4 Å². The van der Waals surface area contributed by atoms with Gasteiger partial charge in [0.1, 0.15) is 0 Å². The maximum absolute atomic E-state index is 12.2. The summed E-state index contributed by atoms with van der Waals surface area (Å²) in [5.41, 5.74) is 8.69. The Morgan fingerprint density at radius 3 is 2.58 bits per heavy atom. The van der Waals surface area contributed by atoms with Gasteiger partial charge in [-0.15, -0.1) is 0 Å². The summed E-state index contributed by atoms with van der Waals surface area (Å²) in [6, 6.07) is 8.09. The Balaban J connectivity index is 2.41. The molecular weight excluding hydrogens is 238 g/mol. The van der Waals surface area contributed by atoms with Crippen molar-refractivity contribution in [3.63, 3.8) is 0 Å². The fourth-order valence-electron chi connectivity index (χ4n) is 2.40. The smallest absolute Gasteiger partial charge is 0.330 e. The Kier molecular flexibility index (Phi) is 4.22. The highest BCUT2D eigenvalue weighted by atomic mass is 16.1. The minimum atomic E-state index is 0.00350. The molecule has 4 nitrogen and oxygen atoms in total. The number of nitrogens with two attached hydrogens (primary N) is 1. The van der Waals surface area contributed by atoms with Gasteiger partial charge in [0, 0.05) is 18.9 Å². The van der Waals surface area contributed by atoms with E-state index < -0.39 is 0 Å². The topological polar surface area (TPSA) is 53.0 Å². The van der Waals surface area contributed by atoms with Crippen LogP contribution < -0.4 is 11.4 Å². The van der Waals surface area contributed by atoms with Gasteiger partial charge in [-0.2, -0.15) is 0 Å². The first kappa shape index (κ1) is 13.6. The average molecular weight is 259 g/mol. The molecule has 0 saturated heterocycles. The van der Waals surface area contributed by atoms with E-state index in [9.17, 15) is 4.79 Å². The van der Waals surface area contributed by atoms with Crippen molar-refractivity contribution in [2.75, 3.05) is 6.54 Å². The number of hydrogen-bond acceptors (Lipinski definition) is 2. The summed E-state index contributed by atoms with van der Waals surface area (Å²) in [5, 5.41) is 0. The van der Waals surface area contributed by atoms with E-state index in [1.807, 2.05) is 31.3 Å². The molecule has 0 saturated carbocycles. The molecule has 0 atom stereocenters. The van der Waals surface area contributed by atoms with E-state index in [2.05, 4.69) is 6.07 Å². The van der Waals surface area contributed by atoms with E-state index in [0.717, 1.165) is 30.6 Å². The van der Waals surface area contributed by atoms with Gasteiger partial charge in [-0.3, -0.25) is 4.57 Å². The Morgan fingerprint density at radius 2 is 1.95 bits per heavy atom. The molecule has 2 rings (SSSR count). The van der Waals surface area contributed by atoms with Crippen LogP contribution in [0.15, 0.2) is 35.3 Å². The highest BCUT2D eigenvalue weighted by molar-refractivity contribution is 5.42. The van der Waals surface area contributed by atoms with Crippen LogP contribution in [0.25, 0.3) is 5.69 Å². The summed E-state index contributed by atoms with van der Waals surface area (Å²) in [5.74, 6) is 0. The van der Waals surface area contributed by atoms with Crippen molar-refractivity contribution in [1.29, 1.82) is 0 Å². The molecule has 1 aromatic carbocycles. The van der Waals surface area contributed by atoms with Gasteiger partial charge >= 0.3 is 5.69 Å².